The van der Waals surface area contributed by atoms with Crippen LogP contribution in [0.25, 0.3) is 21.6 Å². The quantitative estimate of drug-likeness (QED) is 0.469. The van der Waals surface area contributed by atoms with Gasteiger partial charge in [-0.25, -0.2) is 0 Å². The standard InChI is InChI=1S/C16H9Cl3S/c17-13-4-1-10(2-5-13)12-8-16(20-9-12)11-3-6-14(18)15(19)7-11/h1-9H. The third kappa shape index (κ3) is 2.87. The number of hydrogen-bond acceptors (Lipinski definition) is 1. The highest BCUT2D eigenvalue weighted by atomic mass is 35.5. The third-order valence-electron chi connectivity index (χ3n) is 2.98. The summed E-state index contributed by atoms with van der Waals surface area (Å²) in [6.45, 7) is 0. The first kappa shape index (κ1) is 14.0. The number of rotatable bonds is 2. The van der Waals surface area contributed by atoms with Gasteiger partial charge in [0.2, 0.25) is 0 Å². The van der Waals surface area contributed by atoms with E-state index in [0.717, 1.165) is 21.0 Å². The zero-order chi connectivity index (χ0) is 14.1. The van der Waals surface area contributed by atoms with E-state index in [4.69, 9.17) is 34.8 Å². The average molecular weight is 340 g/mol. The van der Waals surface area contributed by atoms with Gasteiger partial charge >= 0.3 is 0 Å². The Balaban J connectivity index is 1.97. The molecule has 0 nitrogen and oxygen atoms in total. The summed E-state index contributed by atoms with van der Waals surface area (Å²) in [5.41, 5.74) is 3.40. The zero-order valence-corrected chi connectivity index (χ0v) is 13.3. The van der Waals surface area contributed by atoms with Gasteiger partial charge in [0, 0.05) is 9.90 Å². The Morgan fingerprint density at radius 1 is 0.650 bits per heavy atom. The lowest BCUT2D eigenvalue weighted by Crippen LogP contribution is -1.75. The monoisotopic (exact) mass is 338 g/mol. The van der Waals surface area contributed by atoms with Crippen molar-refractivity contribution in [1.82, 2.24) is 0 Å². The SMILES string of the molecule is Clc1ccc(-c2csc(-c3ccc(Cl)c(Cl)c3)c2)cc1. The fourth-order valence-corrected chi connectivity index (χ4v) is 3.27. The van der Waals surface area contributed by atoms with Gasteiger partial charge in [-0.3, -0.25) is 0 Å². The predicted molar refractivity (Wildman–Crippen MR) is 90.2 cm³/mol. The second-order valence-electron chi connectivity index (χ2n) is 4.34. The van der Waals surface area contributed by atoms with Crippen LogP contribution in [-0.2, 0) is 0 Å². The van der Waals surface area contributed by atoms with Crippen LogP contribution in [-0.4, -0.2) is 0 Å². The Morgan fingerprint density at radius 3 is 2.05 bits per heavy atom. The smallest absolute Gasteiger partial charge is 0.0598 e. The molecule has 0 N–H and O–H groups in total. The summed E-state index contributed by atoms with van der Waals surface area (Å²) < 4.78 is 0. The van der Waals surface area contributed by atoms with Gasteiger partial charge in [0.15, 0.2) is 0 Å². The molecule has 0 amide bonds. The number of benzene rings is 2. The lowest BCUT2D eigenvalue weighted by Gasteiger charge is -2.00. The van der Waals surface area contributed by atoms with E-state index in [2.05, 4.69) is 11.4 Å². The summed E-state index contributed by atoms with van der Waals surface area (Å²) >= 11 is 19.6. The van der Waals surface area contributed by atoms with Crippen molar-refractivity contribution in [2.45, 2.75) is 0 Å². The van der Waals surface area contributed by atoms with Crippen LogP contribution in [0.3, 0.4) is 0 Å². The predicted octanol–water partition coefficient (Wildman–Crippen LogP) is 7.04. The molecule has 0 fully saturated rings. The van der Waals surface area contributed by atoms with Crippen LogP contribution < -0.4 is 0 Å². The highest BCUT2D eigenvalue weighted by molar-refractivity contribution is 7.14. The lowest BCUT2D eigenvalue weighted by atomic mass is 10.1. The molecule has 4 heteroatoms. The molecule has 3 rings (SSSR count). The molecule has 0 radical (unpaired) electrons. The molecule has 3 aromatic rings. The summed E-state index contributed by atoms with van der Waals surface area (Å²) in [5.74, 6) is 0. The van der Waals surface area contributed by atoms with Crippen molar-refractivity contribution in [3.8, 4) is 21.6 Å². The maximum absolute atomic E-state index is 6.06. The molecular weight excluding hydrogens is 331 g/mol. The molecule has 100 valence electrons. The molecule has 0 bridgehead atoms. The first-order valence-corrected chi connectivity index (χ1v) is 7.95. The maximum Gasteiger partial charge on any atom is 0.0598 e. The summed E-state index contributed by atoms with van der Waals surface area (Å²) in [4.78, 5) is 1.16. The zero-order valence-electron chi connectivity index (χ0n) is 10.2. The van der Waals surface area contributed by atoms with Gasteiger partial charge in [0.1, 0.15) is 0 Å². The normalized spacial score (nSPS) is 10.8. The van der Waals surface area contributed by atoms with E-state index in [1.807, 2.05) is 42.5 Å². The van der Waals surface area contributed by atoms with Crippen molar-refractivity contribution in [2.24, 2.45) is 0 Å². The summed E-state index contributed by atoms with van der Waals surface area (Å²) in [6, 6.07) is 15.7. The van der Waals surface area contributed by atoms with Crippen molar-refractivity contribution < 1.29 is 0 Å². The molecule has 1 aromatic heterocycles. The molecule has 0 saturated carbocycles. The van der Waals surface area contributed by atoms with Crippen molar-refractivity contribution in [2.75, 3.05) is 0 Å². The molecule has 0 aliphatic rings. The summed E-state index contributed by atoms with van der Waals surface area (Å²) in [6.07, 6.45) is 0. The molecule has 0 aliphatic heterocycles. The van der Waals surface area contributed by atoms with E-state index >= 15 is 0 Å². The topological polar surface area (TPSA) is 0 Å². The number of halogens is 3. The van der Waals surface area contributed by atoms with E-state index in [0.29, 0.717) is 10.0 Å². The Kier molecular flexibility index (Phi) is 4.04. The lowest BCUT2D eigenvalue weighted by molar-refractivity contribution is 1.66. The molecule has 0 saturated heterocycles. The van der Waals surface area contributed by atoms with Gasteiger partial charge in [0.25, 0.3) is 0 Å². The van der Waals surface area contributed by atoms with Crippen molar-refractivity contribution in [3.05, 3.63) is 69.0 Å². The van der Waals surface area contributed by atoms with E-state index in [-0.39, 0.29) is 0 Å². The molecule has 2 aromatic carbocycles. The minimum Gasteiger partial charge on any atom is -0.143 e. The fourth-order valence-electron chi connectivity index (χ4n) is 1.93. The maximum atomic E-state index is 6.06. The minimum absolute atomic E-state index is 0.574. The van der Waals surface area contributed by atoms with Gasteiger partial charge < -0.3 is 0 Å². The molecule has 0 unspecified atom stereocenters. The van der Waals surface area contributed by atoms with E-state index in [9.17, 15) is 0 Å². The van der Waals surface area contributed by atoms with Crippen molar-refractivity contribution >= 4 is 46.1 Å². The summed E-state index contributed by atoms with van der Waals surface area (Å²) in [5, 5.41) is 4.02. The van der Waals surface area contributed by atoms with Crippen LogP contribution in [0.4, 0.5) is 0 Å². The van der Waals surface area contributed by atoms with Crippen LogP contribution in [0.2, 0.25) is 15.1 Å². The minimum atomic E-state index is 0.574. The highest BCUT2D eigenvalue weighted by Gasteiger charge is 2.06. The van der Waals surface area contributed by atoms with E-state index < -0.39 is 0 Å². The average Bonchev–Trinajstić information content (AvgIpc) is 2.92. The van der Waals surface area contributed by atoms with Gasteiger partial charge in [-0.05, 0) is 52.4 Å². The van der Waals surface area contributed by atoms with Gasteiger partial charge in [-0.1, -0.05) is 53.0 Å². The second-order valence-corrected chi connectivity index (χ2v) is 6.50. The molecule has 0 aliphatic carbocycles. The van der Waals surface area contributed by atoms with Crippen LogP contribution in [0.1, 0.15) is 0 Å². The largest absolute Gasteiger partial charge is 0.143 e. The van der Waals surface area contributed by atoms with Crippen LogP contribution in [0.15, 0.2) is 53.9 Å². The van der Waals surface area contributed by atoms with E-state index in [1.165, 1.54) is 5.56 Å². The first-order valence-electron chi connectivity index (χ1n) is 5.93. The van der Waals surface area contributed by atoms with Crippen LogP contribution in [0, 0.1) is 0 Å². The molecular formula is C16H9Cl3S. The van der Waals surface area contributed by atoms with Gasteiger partial charge in [-0.15, -0.1) is 11.3 Å². The Bertz CT molecular complexity index is 745. The Hall–Kier alpha value is -0.990. The molecule has 20 heavy (non-hydrogen) atoms. The van der Waals surface area contributed by atoms with Crippen molar-refractivity contribution in [1.29, 1.82) is 0 Å². The Labute approximate surface area is 136 Å². The van der Waals surface area contributed by atoms with Gasteiger partial charge in [0.05, 0.1) is 10.0 Å². The van der Waals surface area contributed by atoms with Crippen LogP contribution >= 0.6 is 46.1 Å². The third-order valence-corrected chi connectivity index (χ3v) is 4.95. The highest BCUT2D eigenvalue weighted by Crippen LogP contribution is 2.35. The number of thiophene rings is 1. The Morgan fingerprint density at radius 2 is 1.35 bits per heavy atom. The van der Waals surface area contributed by atoms with E-state index in [1.54, 1.807) is 11.3 Å². The fraction of sp³-hybridized carbons (Fsp3) is 0. The van der Waals surface area contributed by atoms with Crippen LogP contribution in [0.5, 0.6) is 0 Å². The van der Waals surface area contributed by atoms with Crippen molar-refractivity contribution in [3.63, 3.8) is 0 Å². The number of hydrogen-bond donors (Lipinski definition) is 0. The molecule has 0 spiro atoms. The summed E-state index contributed by atoms with van der Waals surface area (Å²) in [7, 11) is 0. The molecule has 0 atom stereocenters. The second kappa shape index (κ2) is 5.79. The van der Waals surface area contributed by atoms with Gasteiger partial charge in [-0.2, -0.15) is 0 Å². The first-order chi connectivity index (χ1) is 9.63. The molecule has 1 heterocycles.